The summed E-state index contributed by atoms with van der Waals surface area (Å²) in [6.07, 6.45) is 0. The van der Waals surface area contributed by atoms with E-state index in [1.54, 1.807) is 0 Å². The van der Waals surface area contributed by atoms with Gasteiger partial charge in [-0.2, -0.15) is 0 Å². The minimum absolute atomic E-state index is 0.0726. The number of amides is 1. The average Bonchev–Trinajstić information content (AvgIpc) is 2.52. The molecule has 0 spiro atoms. The molecule has 0 aromatic heterocycles. The van der Waals surface area contributed by atoms with Gasteiger partial charge in [-0.3, -0.25) is 4.79 Å². The number of anilines is 1. The van der Waals surface area contributed by atoms with Crippen LogP contribution >= 0.6 is 15.9 Å². The zero-order valence-electron chi connectivity index (χ0n) is 11.5. The van der Waals surface area contributed by atoms with E-state index in [1.807, 2.05) is 36.9 Å². The first kappa shape index (κ1) is 13.6. The number of rotatable bonds is 3. The fraction of sp³-hybridized carbons (Fsp3) is 0.533. The van der Waals surface area contributed by atoms with Crippen LogP contribution in [-0.4, -0.2) is 17.8 Å². The molecular weight excluding hydrogens is 290 g/mol. The van der Waals surface area contributed by atoms with E-state index in [-0.39, 0.29) is 11.3 Å². The summed E-state index contributed by atoms with van der Waals surface area (Å²) in [5.74, 6) is 0.206. The first-order valence-electron chi connectivity index (χ1n) is 6.27. The Morgan fingerprint density at radius 1 is 1.28 bits per heavy atom. The van der Waals surface area contributed by atoms with Gasteiger partial charge in [0.25, 0.3) is 0 Å². The number of benzene rings is 1. The third-order valence-corrected chi connectivity index (χ3v) is 5.11. The Morgan fingerprint density at radius 3 is 2.50 bits per heavy atom. The summed E-state index contributed by atoms with van der Waals surface area (Å²) in [6.45, 7) is 9.11. The number of carbonyl (C=O) groups is 1. The SMILES string of the molecule is CC(C)(CBr)CN1C(=O)C(C)(C)c2ccccc21. The molecule has 0 N–H and O–H groups in total. The van der Waals surface area contributed by atoms with Crippen LogP contribution in [-0.2, 0) is 10.2 Å². The van der Waals surface area contributed by atoms with Gasteiger partial charge in [-0.05, 0) is 30.9 Å². The summed E-state index contributed by atoms with van der Waals surface area (Å²) in [7, 11) is 0. The summed E-state index contributed by atoms with van der Waals surface area (Å²) >= 11 is 3.53. The molecule has 1 heterocycles. The van der Waals surface area contributed by atoms with Gasteiger partial charge >= 0.3 is 0 Å². The number of fused-ring (bicyclic) bond motifs is 1. The second-order valence-electron chi connectivity index (χ2n) is 6.33. The van der Waals surface area contributed by atoms with E-state index in [1.165, 1.54) is 0 Å². The zero-order chi connectivity index (χ0) is 13.6. The molecule has 0 saturated carbocycles. The Balaban J connectivity index is 2.42. The highest BCUT2D eigenvalue weighted by atomic mass is 79.9. The van der Waals surface area contributed by atoms with Gasteiger partial charge in [0.1, 0.15) is 0 Å². The van der Waals surface area contributed by atoms with Crippen LogP contribution in [0.3, 0.4) is 0 Å². The number of hydrogen-bond donors (Lipinski definition) is 0. The predicted octanol–water partition coefficient (Wildman–Crippen LogP) is 3.73. The van der Waals surface area contributed by atoms with Crippen molar-refractivity contribution in [3.05, 3.63) is 29.8 Å². The average molecular weight is 310 g/mol. The van der Waals surface area contributed by atoms with Crippen molar-refractivity contribution in [2.45, 2.75) is 33.1 Å². The van der Waals surface area contributed by atoms with E-state index in [9.17, 15) is 4.79 Å². The lowest BCUT2D eigenvalue weighted by Crippen LogP contribution is -2.42. The molecule has 0 saturated heterocycles. The maximum absolute atomic E-state index is 12.6. The van der Waals surface area contributed by atoms with Crippen LogP contribution in [0.5, 0.6) is 0 Å². The van der Waals surface area contributed by atoms with Gasteiger partial charge in [0.2, 0.25) is 5.91 Å². The highest BCUT2D eigenvalue weighted by Gasteiger charge is 2.44. The maximum Gasteiger partial charge on any atom is 0.237 e. The van der Waals surface area contributed by atoms with Crippen molar-refractivity contribution < 1.29 is 4.79 Å². The molecular formula is C15H20BrNO. The van der Waals surface area contributed by atoms with Gasteiger partial charge in [-0.15, -0.1) is 0 Å². The number of alkyl halides is 1. The molecule has 1 aromatic carbocycles. The van der Waals surface area contributed by atoms with Crippen molar-refractivity contribution in [2.24, 2.45) is 5.41 Å². The third-order valence-electron chi connectivity index (χ3n) is 3.60. The van der Waals surface area contributed by atoms with Gasteiger partial charge in [0.15, 0.2) is 0 Å². The lowest BCUT2D eigenvalue weighted by atomic mass is 9.86. The highest BCUT2D eigenvalue weighted by molar-refractivity contribution is 9.09. The molecule has 0 unspecified atom stereocenters. The Hall–Kier alpha value is -0.830. The van der Waals surface area contributed by atoms with Crippen molar-refractivity contribution in [1.82, 2.24) is 0 Å². The Morgan fingerprint density at radius 2 is 1.89 bits per heavy atom. The monoisotopic (exact) mass is 309 g/mol. The Kier molecular flexibility index (Phi) is 3.30. The van der Waals surface area contributed by atoms with E-state index in [4.69, 9.17) is 0 Å². The third kappa shape index (κ3) is 2.09. The molecule has 2 rings (SSSR count). The quantitative estimate of drug-likeness (QED) is 0.779. The molecule has 3 heteroatoms. The molecule has 0 radical (unpaired) electrons. The van der Waals surface area contributed by atoms with Crippen LogP contribution in [0.15, 0.2) is 24.3 Å². The number of hydrogen-bond acceptors (Lipinski definition) is 1. The largest absolute Gasteiger partial charge is 0.311 e. The van der Waals surface area contributed by atoms with Crippen LogP contribution in [0.4, 0.5) is 5.69 Å². The first-order valence-corrected chi connectivity index (χ1v) is 7.39. The zero-order valence-corrected chi connectivity index (χ0v) is 13.0. The van der Waals surface area contributed by atoms with E-state index < -0.39 is 5.41 Å². The molecule has 0 atom stereocenters. The predicted molar refractivity (Wildman–Crippen MR) is 79.4 cm³/mol. The maximum atomic E-state index is 12.6. The fourth-order valence-electron chi connectivity index (χ4n) is 2.43. The molecule has 98 valence electrons. The van der Waals surface area contributed by atoms with E-state index >= 15 is 0 Å². The number of para-hydroxylation sites is 1. The highest BCUT2D eigenvalue weighted by Crippen LogP contribution is 2.42. The summed E-state index contributed by atoms with van der Waals surface area (Å²) in [5, 5.41) is 0.881. The first-order chi connectivity index (χ1) is 8.29. The topological polar surface area (TPSA) is 20.3 Å². The van der Waals surface area contributed by atoms with Crippen molar-refractivity contribution in [1.29, 1.82) is 0 Å². The summed E-state index contributed by atoms with van der Waals surface area (Å²) in [5.41, 5.74) is 1.88. The van der Waals surface area contributed by atoms with Gasteiger partial charge < -0.3 is 4.90 Å². The molecule has 0 bridgehead atoms. The second-order valence-corrected chi connectivity index (χ2v) is 6.89. The summed E-state index contributed by atoms with van der Waals surface area (Å²) in [6, 6.07) is 8.12. The molecule has 1 aliphatic heterocycles. The van der Waals surface area contributed by atoms with Crippen LogP contribution in [0, 0.1) is 5.41 Å². The molecule has 1 aliphatic rings. The second kappa shape index (κ2) is 4.37. The summed E-state index contributed by atoms with van der Waals surface area (Å²) in [4.78, 5) is 14.5. The normalized spacial score (nSPS) is 18.1. The molecule has 2 nitrogen and oxygen atoms in total. The van der Waals surface area contributed by atoms with Crippen molar-refractivity contribution >= 4 is 27.5 Å². The molecule has 1 amide bonds. The summed E-state index contributed by atoms with van der Waals surface area (Å²) < 4.78 is 0. The number of nitrogens with zero attached hydrogens (tertiary/aromatic N) is 1. The van der Waals surface area contributed by atoms with Gasteiger partial charge in [-0.25, -0.2) is 0 Å². The van der Waals surface area contributed by atoms with Crippen LogP contribution in [0.25, 0.3) is 0 Å². The van der Waals surface area contributed by atoms with Crippen molar-refractivity contribution in [3.8, 4) is 0 Å². The molecule has 0 aliphatic carbocycles. The molecule has 18 heavy (non-hydrogen) atoms. The lowest BCUT2D eigenvalue weighted by molar-refractivity contribution is -0.122. The van der Waals surface area contributed by atoms with E-state index in [0.717, 1.165) is 23.1 Å². The van der Waals surface area contributed by atoms with Gasteiger partial charge in [-0.1, -0.05) is 48.0 Å². The molecule has 0 fully saturated rings. The Labute approximate surface area is 117 Å². The minimum atomic E-state index is -0.404. The van der Waals surface area contributed by atoms with Crippen LogP contribution in [0.2, 0.25) is 0 Å². The van der Waals surface area contributed by atoms with E-state index in [0.29, 0.717) is 0 Å². The number of carbonyl (C=O) groups excluding carboxylic acids is 1. The number of halogens is 1. The van der Waals surface area contributed by atoms with Crippen molar-refractivity contribution in [2.75, 3.05) is 16.8 Å². The van der Waals surface area contributed by atoms with Gasteiger partial charge in [0.05, 0.1) is 5.41 Å². The minimum Gasteiger partial charge on any atom is -0.311 e. The fourth-order valence-corrected chi connectivity index (χ4v) is 2.60. The smallest absolute Gasteiger partial charge is 0.237 e. The van der Waals surface area contributed by atoms with Crippen LogP contribution in [0.1, 0.15) is 33.3 Å². The van der Waals surface area contributed by atoms with Crippen LogP contribution < -0.4 is 4.90 Å². The van der Waals surface area contributed by atoms with Gasteiger partial charge in [0, 0.05) is 17.6 Å². The van der Waals surface area contributed by atoms with E-state index in [2.05, 4.69) is 35.8 Å². The lowest BCUT2D eigenvalue weighted by Gasteiger charge is -2.29. The van der Waals surface area contributed by atoms with Crippen molar-refractivity contribution in [3.63, 3.8) is 0 Å². The Bertz CT molecular complexity index is 479. The standard InChI is InChI=1S/C15H20BrNO/c1-14(2,9-16)10-17-12-8-6-5-7-11(12)15(3,4)13(17)18/h5-8H,9-10H2,1-4H3. The molecule has 1 aromatic rings.